The van der Waals surface area contributed by atoms with Gasteiger partial charge in [0.2, 0.25) is 5.91 Å². The minimum absolute atomic E-state index is 0.196. The summed E-state index contributed by atoms with van der Waals surface area (Å²) in [5.74, 6) is -0.202. The number of halogens is 1. The predicted octanol–water partition coefficient (Wildman–Crippen LogP) is 7.60. The van der Waals surface area contributed by atoms with Crippen molar-refractivity contribution in [2.75, 3.05) is 37.6 Å². The Morgan fingerprint density at radius 3 is 2.04 bits per heavy atom. The second-order valence-corrected chi connectivity index (χ2v) is 15.0. The van der Waals surface area contributed by atoms with Gasteiger partial charge in [0.15, 0.2) is 0 Å². The Balaban J connectivity index is 0.000000167. The van der Waals surface area contributed by atoms with Crippen LogP contribution in [0, 0.1) is 13.8 Å². The van der Waals surface area contributed by atoms with Crippen LogP contribution in [0.25, 0.3) is 21.8 Å². The molecule has 0 radical (unpaired) electrons. The Morgan fingerprint density at radius 1 is 0.833 bits per heavy atom. The maximum absolute atomic E-state index is 12.2. The number of fused-ring (bicyclic) bond motifs is 2. The first-order chi connectivity index (χ1) is 22.9. The number of piperidine rings is 2. The third-order valence-electron chi connectivity index (χ3n) is 9.58. The van der Waals surface area contributed by atoms with Crippen molar-refractivity contribution in [1.29, 1.82) is 0 Å². The molecule has 2 aromatic carbocycles. The molecule has 0 bridgehead atoms. The van der Waals surface area contributed by atoms with Gasteiger partial charge in [-0.05, 0) is 110 Å². The van der Waals surface area contributed by atoms with Crippen LogP contribution in [0.4, 0.5) is 15.3 Å². The van der Waals surface area contributed by atoms with Crippen LogP contribution in [0.3, 0.4) is 0 Å². The summed E-state index contributed by atoms with van der Waals surface area (Å²) in [5, 5.41) is 8.16. The minimum atomic E-state index is -0.437. The molecule has 0 saturated carbocycles. The summed E-state index contributed by atoms with van der Waals surface area (Å²) in [4.78, 5) is 39.4. The van der Waals surface area contributed by atoms with Crippen molar-refractivity contribution in [3.63, 3.8) is 0 Å². The molecule has 0 atom stereocenters. The third kappa shape index (κ3) is 7.12. The minimum Gasteiger partial charge on any atom is -0.444 e. The molecule has 2 aromatic heterocycles. The highest BCUT2D eigenvalue weighted by molar-refractivity contribution is 9.10. The van der Waals surface area contributed by atoms with Crippen LogP contribution in [0.5, 0.6) is 0 Å². The standard InChI is InChI=1S/C19H25BrN2O2.C18H22N4O2/c1-13-12-15-16(20)6-5-7-17(15)22(13)14-8-10-21(11-9-14)18(23)24-19(2,3)4;1-12-11-14-15(21-10-7-17(23)20-18(21)24)3-2-4-16(14)22(12)13-5-8-19-9-6-13/h5-7,12,14H,8-11H2,1-4H3;2-4,11,13,19H,5-10H2,1H3,(H,20,23,24). The van der Waals surface area contributed by atoms with Gasteiger partial charge in [-0.15, -0.1) is 0 Å². The molecule has 4 amide bonds. The Bertz CT molecular complexity index is 1820. The summed E-state index contributed by atoms with van der Waals surface area (Å²) in [6.45, 7) is 14.0. The topological polar surface area (TPSA) is 101 Å². The summed E-state index contributed by atoms with van der Waals surface area (Å²) < 4.78 is 11.5. The van der Waals surface area contributed by atoms with E-state index in [1.807, 2.05) is 37.8 Å². The van der Waals surface area contributed by atoms with E-state index >= 15 is 0 Å². The van der Waals surface area contributed by atoms with Gasteiger partial charge in [0.05, 0.1) is 11.2 Å². The molecule has 2 N–H and O–H groups in total. The number of aryl methyl sites for hydroxylation is 2. The largest absolute Gasteiger partial charge is 0.444 e. The number of benzene rings is 2. The van der Waals surface area contributed by atoms with E-state index in [4.69, 9.17) is 4.74 Å². The fourth-order valence-electron chi connectivity index (χ4n) is 7.41. The molecule has 5 heterocycles. The molecule has 11 heteroatoms. The van der Waals surface area contributed by atoms with Crippen molar-refractivity contribution in [1.82, 2.24) is 24.7 Å². The highest BCUT2D eigenvalue weighted by Crippen LogP contribution is 2.36. The van der Waals surface area contributed by atoms with Gasteiger partial charge in [-0.1, -0.05) is 28.1 Å². The van der Waals surface area contributed by atoms with Crippen LogP contribution >= 0.6 is 15.9 Å². The average molecular weight is 720 g/mol. The number of nitrogens with zero attached hydrogens (tertiary/aromatic N) is 4. The lowest BCUT2D eigenvalue weighted by atomic mass is 10.0. The van der Waals surface area contributed by atoms with Gasteiger partial charge in [-0.25, -0.2) is 9.59 Å². The van der Waals surface area contributed by atoms with E-state index in [0.29, 0.717) is 25.0 Å². The number of hydrogen-bond acceptors (Lipinski definition) is 5. The van der Waals surface area contributed by atoms with Gasteiger partial charge in [-0.2, -0.15) is 0 Å². The Labute approximate surface area is 290 Å². The number of ether oxygens (including phenoxy) is 1. The lowest BCUT2D eigenvalue weighted by Gasteiger charge is -2.34. The van der Waals surface area contributed by atoms with E-state index in [0.717, 1.165) is 67.4 Å². The first-order valence-corrected chi connectivity index (χ1v) is 17.9. The molecule has 3 saturated heterocycles. The molecule has 3 aliphatic rings. The van der Waals surface area contributed by atoms with Gasteiger partial charge >= 0.3 is 12.1 Å². The van der Waals surface area contributed by atoms with Crippen molar-refractivity contribution in [2.45, 2.75) is 84.4 Å². The van der Waals surface area contributed by atoms with E-state index in [9.17, 15) is 14.4 Å². The Hall–Kier alpha value is -3.83. The molecular weight excluding hydrogens is 672 g/mol. The fourth-order valence-corrected chi connectivity index (χ4v) is 7.88. The summed E-state index contributed by atoms with van der Waals surface area (Å²) in [6.07, 6.45) is 4.29. The number of likely N-dealkylation sites (tertiary alicyclic amines) is 1. The number of urea groups is 1. The van der Waals surface area contributed by atoms with Gasteiger partial charge in [0.25, 0.3) is 0 Å². The van der Waals surface area contributed by atoms with E-state index in [1.54, 1.807) is 4.90 Å². The first kappa shape index (κ1) is 34.0. The van der Waals surface area contributed by atoms with Gasteiger partial charge in [-0.3, -0.25) is 15.0 Å². The summed E-state index contributed by atoms with van der Waals surface area (Å²) in [6, 6.07) is 17.4. The summed E-state index contributed by atoms with van der Waals surface area (Å²) in [5.41, 5.74) is 5.37. The zero-order valence-electron chi connectivity index (χ0n) is 28.6. The summed E-state index contributed by atoms with van der Waals surface area (Å²) >= 11 is 3.64. The van der Waals surface area contributed by atoms with Crippen molar-refractivity contribution in [3.05, 3.63) is 64.4 Å². The number of nitrogens with one attached hydrogen (secondary N) is 2. The van der Waals surface area contributed by atoms with E-state index < -0.39 is 5.60 Å². The third-order valence-corrected chi connectivity index (χ3v) is 10.3. The number of carbonyl (C=O) groups is 3. The molecular formula is C37H47BrN6O4. The number of carbonyl (C=O) groups excluding carboxylic acids is 3. The molecule has 0 spiro atoms. The number of imide groups is 1. The molecule has 3 fully saturated rings. The second-order valence-electron chi connectivity index (χ2n) is 14.1. The van der Waals surface area contributed by atoms with Crippen LogP contribution in [-0.2, 0) is 9.53 Å². The number of anilines is 1. The van der Waals surface area contributed by atoms with Crippen LogP contribution in [0.15, 0.2) is 53.0 Å². The van der Waals surface area contributed by atoms with Crippen LogP contribution < -0.4 is 15.5 Å². The second kappa shape index (κ2) is 14.0. The molecule has 0 unspecified atom stereocenters. The molecule has 0 aliphatic carbocycles. The highest BCUT2D eigenvalue weighted by atomic mass is 79.9. The van der Waals surface area contributed by atoms with E-state index in [-0.39, 0.29) is 18.0 Å². The lowest BCUT2D eigenvalue weighted by molar-refractivity contribution is -0.120. The monoisotopic (exact) mass is 718 g/mol. The number of hydrogen-bond donors (Lipinski definition) is 2. The van der Waals surface area contributed by atoms with Crippen molar-refractivity contribution in [2.24, 2.45) is 0 Å². The number of amides is 4. The molecule has 3 aliphatic heterocycles. The van der Waals surface area contributed by atoms with Crippen LogP contribution in [0.1, 0.15) is 76.3 Å². The lowest BCUT2D eigenvalue weighted by Crippen LogP contribution is -2.49. The van der Waals surface area contributed by atoms with Crippen molar-refractivity contribution < 1.29 is 19.1 Å². The highest BCUT2D eigenvalue weighted by Gasteiger charge is 2.29. The number of aromatic nitrogens is 2. The van der Waals surface area contributed by atoms with Gasteiger partial charge in [0, 0.05) is 70.3 Å². The Kier molecular flexibility index (Phi) is 9.90. The normalized spacial score (nSPS) is 18.2. The van der Waals surface area contributed by atoms with Crippen molar-refractivity contribution >= 4 is 61.5 Å². The zero-order valence-corrected chi connectivity index (χ0v) is 30.2. The van der Waals surface area contributed by atoms with Crippen LogP contribution in [0.2, 0.25) is 0 Å². The summed E-state index contributed by atoms with van der Waals surface area (Å²) in [7, 11) is 0. The van der Waals surface area contributed by atoms with Crippen molar-refractivity contribution in [3.8, 4) is 0 Å². The SMILES string of the molecule is Cc1cc2c(Br)cccc2n1C1CCN(C(=O)OC(C)(C)C)CC1.Cc1cc2c(N3CCC(=O)NC3=O)cccc2n1C1CCNCC1. The van der Waals surface area contributed by atoms with E-state index in [2.05, 4.69) is 85.9 Å². The maximum Gasteiger partial charge on any atom is 0.410 e. The first-order valence-electron chi connectivity index (χ1n) is 17.1. The molecule has 256 valence electrons. The number of rotatable bonds is 3. The van der Waals surface area contributed by atoms with Gasteiger partial charge in [0.1, 0.15) is 5.60 Å². The smallest absolute Gasteiger partial charge is 0.410 e. The predicted molar refractivity (Wildman–Crippen MR) is 194 cm³/mol. The van der Waals surface area contributed by atoms with Crippen LogP contribution in [-0.4, -0.2) is 70.4 Å². The molecule has 10 nitrogen and oxygen atoms in total. The Morgan fingerprint density at radius 2 is 1.42 bits per heavy atom. The molecule has 48 heavy (non-hydrogen) atoms. The average Bonchev–Trinajstić information content (AvgIpc) is 3.57. The molecule has 4 aromatic rings. The fraction of sp³-hybridized carbons (Fsp3) is 0.486. The van der Waals surface area contributed by atoms with Gasteiger partial charge < -0.3 is 24.1 Å². The maximum atomic E-state index is 12.2. The quantitative estimate of drug-likeness (QED) is 0.227. The van der Waals surface area contributed by atoms with E-state index in [1.165, 1.54) is 27.8 Å². The molecule has 7 rings (SSSR count). The zero-order chi connectivity index (χ0) is 34.2.